The summed E-state index contributed by atoms with van der Waals surface area (Å²) < 4.78 is 66.8. The maximum Gasteiger partial charge on any atom is 0.314 e. The summed E-state index contributed by atoms with van der Waals surface area (Å²) in [6.07, 6.45) is -41.4. The molecule has 31 atom stereocenters. The maximum absolute atomic E-state index is 15.3. The first-order valence-electron chi connectivity index (χ1n) is 27.0. The number of carbonyl (C=O) groups is 1. The van der Waals surface area contributed by atoms with E-state index >= 15 is 4.79 Å². The second-order valence-corrected chi connectivity index (χ2v) is 23.3. The monoisotopic (exact) mass is 1140 g/mol. The van der Waals surface area contributed by atoms with Crippen LogP contribution in [0.2, 0.25) is 0 Å². The van der Waals surface area contributed by atoms with Crippen molar-refractivity contribution in [2.24, 2.45) is 22.7 Å². The SMILES string of the molecule is C=C1C[C@@]23CC[C@H]4[C@@](OC)(CCC[C@@]4(C)C(=O)OC4OC(CO)C(O)C(OC5OC(CO)C(O)C(O)C5O)C4OC4OC(CO)C(O)C(O)C4O)[C@@H]2CC[C@]1(OC1OC(CO)C(O)C(O)C1OC1OC(CO)C(O)C(O)C1O)C3. The predicted molar refractivity (Wildman–Crippen MR) is 253 cm³/mol. The molecular formula is C50H80O29. The summed E-state index contributed by atoms with van der Waals surface area (Å²) in [5.41, 5.74) is -3.52. The first-order chi connectivity index (χ1) is 37.4. The minimum Gasteiger partial charge on any atom is -0.432 e. The molecule has 0 radical (unpaired) electrons. The van der Waals surface area contributed by atoms with Gasteiger partial charge in [-0.15, -0.1) is 0 Å². The normalized spacial score (nSPS) is 54.0. The highest BCUT2D eigenvalue weighted by atomic mass is 16.8. The molecule has 454 valence electrons. The van der Waals surface area contributed by atoms with E-state index in [1.807, 2.05) is 0 Å². The number of aliphatic hydroxyl groups is 17. The quantitative estimate of drug-likeness (QED) is 0.0388. The van der Waals surface area contributed by atoms with Crippen molar-refractivity contribution in [3.8, 4) is 0 Å². The summed E-state index contributed by atoms with van der Waals surface area (Å²) in [7, 11) is 1.56. The first kappa shape index (κ1) is 61.7. The molecule has 29 nitrogen and oxygen atoms in total. The third-order valence-corrected chi connectivity index (χ3v) is 19.0. The lowest BCUT2D eigenvalue weighted by Gasteiger charge is -2.64. The van der Waals surface area contributed by atoms with Gasteiger partial charge in [0, 0.05) is 13.0 Å². The molecule has 1 spiro atoms. The number of rotatable bonds is 16. The van der Waals surface area contributed by atoms with E-state index in [4.69, 9.17) is 52.1 Å². The van der Waals surface area contributed by atoms with Crippen LogP contribution in [0.1, 0.15) is 64.7 Å². The minimum atomic E-state index is -2.06. The molecule has 9 rings (SSSR count). The Morgan fingerprint density at radius 3 is 1.43 bits per heavy atom. The largest absolute Gasteiger partial charge is 0.432 e. The van der Waals surface area contributed by atoms with Crippen LogP contribution in [0.4, 0.5) is 0 Å². The molecular weight excluding hydrogens is 1060 g/mol. The average molecular weight is 1150 g/mol. The molecule has 0 aromatic rings. The van der Waals surface area contributed by atoms with Crippen molar-refractivity contribution in [1.82, 2.24) is 0 Å². The summed E-state index contributed by atoms with van der Waals surface area (Å²) >= 11 is 0. The van der Waals surface area contributed by atoms with E-state index < -0.39 is 220 Å². The van der Waals surface area contributed by atoms with Gasteiger partial charge in [-0.3, -0.25) is 4.79 Å². The topological polar surface area (TPSA) is 463 Å². The van der Waals surface area contributed by atoms with Crippen molar-refractivity contribution in [2.45, 2.75) is 229 Å². The zero-order valence-electron chi connectivity index (χ0n) is 43.7. The number of fused-ring (bicyclic) bond motifs is 3. The van der Waals surface area contributed by atoms with Crippen molar-refractivity contribution in [2.75, 3.05) is 40.1 Å². The average Bonchev–Trinajstić information content (AvgIpc) is 3.91. The van der Waals surface area contributed by atoms with Gasteiger partial charge in [-0.05, 0) is 81.6 Å². The number of ether oxygens (including phenoxy) is 11. The van der Waals surface area contributed by atoms with Gasteiger partial charge in [0.15, 0.2) is 31.3 Å². The molecule has 2 bridgehead atoms. The molecule has 5 heterocycles. The fourth-order valence-corrected chi connectivity index (χ4v) is 14.7. The summed E-state index contributed by atoms with van der Waals surface area (Å²) in [5.74, 6) is -1.71. The molecule has 0 aromatic carbocycles. The number of methoxy groups -OCH3 is 1. The molecule has 4 aliphatic carbocycles. The summed E-state index contributed by atoms with van der Waals surface area (Å²) in [6, 6.07) is 0. The Morgan fingerprint density at radius 2 is 0.937 bits per heavy atom. The van der Waals surface area contributed by atoms with E-state index in [0.717, 1.165) is 0 Å². The molecule has 9 fully saturated rings. The molecule has 4 saturated carbocycles. The van der Waals surface area contributed by atoms with E-state index in [9.17, 15) is 86.8 Å². The molecule has 9 aliphatic rings. The van der Waals surface area contributed by atoms with Crippen LogP contribution >= 0.6 is 0 Å². The molecule has 5 saturated heterocycles. The Kier molecular flexibility index (Phi) is 18.6. The van der Waals surface area contributed by atoms with Crippen molar-refractivity contribution in [1.29, 1.82) is 0 Å². The number of esters is 1. The van der Waals surface area contributed by atoms with E-state index in [-0.39, 0.29) is 18.8 Å². The Balaban J connectivity index is 0.979. The van der Waals surface area contributed by atoms with Gasteiger partial charge in [-0.25, -0.2) is 0 Å². The standard InChI is InChI=1S/C50H80O29/c1-18-11-48-9-5-24-47(2,46(68)78-44-40(77-43-37(67)33(63)28(58)21(14-53)72-43)38(30(60)23(16-55)73-44)75-41-35(65)31(61)26(56)19(12-51)70-41)7-4-8-50(24,69-3)25(48)6-10-49(18,17-48)79-45-39(34(64)29(59)22(15-54)74-45)76-42-36(66)32(62)27(57)20(13-52)71-42/h19-45,51-67H,1,4-17H2,2-3H3/t19?,20?,21?,22?,23?,24-,25-,26?,27?,28?,29?,30?,31?,32?,33?,34?,35?,36?,37?,38?,39?,40?,41?,42?,43?,44?,45?,47-,48-,49+,50+/m1/s1. The van der Waals surface area contributed by atoms with Crippen LogP contribution < -0.4 is 0 Å². The lowest BCUT2D eigenvalue weighted by Crippen LogP contribution is -2.68. The maximum atomic E-state index is 15.3. The number of hydrogen-bond acceptors (Lipinski definition) is 29. The molecule has 0 aromatic heterocycles. The van der Waals surface area contributed by atoms with Crippen LogP contribution in [-0.2, 0) is 56.9 Å². The van der Waals surface area contributed by atoms with Crippen LogP contribution in [0.5, 0.6) is 0 Å². The van der Waals surface area contributed by atoms with Gasteiger partial charge in [0.25, 0.3) is 0 Å². The van der Waals surface area contributed by atoms with Crippen LogP contribution in [0.15, 0.2) is 12.2 Å². The zero-order valence-corrected chi connectivity index (χ0v) is 43.7. The smallest absolute Gasteiger partial charge is 0.314 e. The van der Waals surface area contributed by atoms with Gasteiger partial charge < -0.3 is 139 Å². The third-order valence-electron chi connectivity index (χ3n) is 19.0. The van der Waals surface area contributed by atoms with Crippen LogP contribution in [0, 0.1) is 22.7 Å². The van der Waals surface area contributed by atoms with Gasteiger partial charge in [0.05, 0.1) is 49.7 Å². The molecule has 0 amide bonds. The van der Waals surface area contributed by atoms with Crippen molar-refractivity contribution in [3.63, 3.8) is 0 Å². The summed E-state index contributed by atoms with van der Waals surface area (Å²) in [5, 5.41) is 181. The summed E-state index contributed by atoms with van der Waals surface area (Å²) in [4.78, 5) is 15.3. The lowest BCUT2D eigenvalue weighted by atomic mass is 9.44. The zero-order chi connectivity index (χ0) is 57.4. The van der Waals surface area contributed by atoms with Crippen molar-refractivity contribution < 1.29 is 144 Å². The predicted octanol–water partition coefficient (Wildman–Crippen LogP) is -7.91. The third kappa shape index (κ3) is 10.6. The van der Waals surface area contributed by atoms with Gasteiger partial charge in [0.1, 0.15) is 116 Å². The Morgan fingerprint density at radius 1 is 0.506 bits per heavy atom. The lowest BCUT2D eigenvalue weighted by molar-refractivity contribution is -0.389. The van der Waals surface area contributed by atoms with Gasteiger partial charge in [0.2, 0.25) is 6.29 Å². The summed E-state index contributed by atoms with van der Waals surface area (Å²) in [6.45, 7) is 1.96. The number of carbonyl (C=O) groups excluding carboxylic acids is 1. The van der Waals surface area contributed by atoms with Gasteiger partial charge >= 0.3 is 5.97 Å². The Labute approximate surface area is 453 Å². The molecule has 25 unspecified atom stereocenters. The van der Waals surface area contributed by atoms with E-state index in [1.165, 1.54) is 0 Å². The Hall–Kier alpha value is -1.87. The second-order valence-electron chi connectivity index (χ2n) is 23.3. The van der Waals surface area contributed by atoms with Crippen LogP contribution in [-0.4, -0.2) is 298 Å². The highest BCUT2D eigenvalue weighted by molar-refractivity contribution is 5.77. The Bertz CT molecular complexity index is 2090. The molecule has 79 heavy (non-hydrogen) atoms. The minimum absolute atomic E-state index is 0.248. The first-order valence-corrected chi connectivity index (χ1v) is 27.0. The molecule has 17 N–H and O–H groups in total. The number of hydrogen-bond donors (Lipinski definition) is 17. The second kappa shape index (κ2) is 23.9. The van der Waals surface area contributed by atoms with Crippen molar-refractivity contribution >= 4 is 5.97 Å². The van der Waals surface area contributed by atoms with Gasteiger partial charge in [-0.1, -0.05) is 6.58 Å². The highest BCUT2D eigenvalue weighted by Crippen LogP contribution is 2.72. The van der Waals surface area contributed by atoms with E-state index in [2.05, 4.69) is 6.58 Å². The van der Waals surface area contributed by atoms with Crippen LogP contribution in [0.25, 0.3) is 0 Å². The van der Waals surface area contributed by atoms with E-state index in [1.54, 1.807) is 14.0 Å². The fraction of sp³-hybridized carbons (Fsp3) is 0.940. The van der Waals surface area contributed by atoms with Crippen molar-refractivity contribution in [3.05, 3.63) is 12.2 Å². The highest BCUT2D eigenvalue weighted by Gasteiger charge is 2.71. The van der Waals surface area contributed by atoms with Gasteiger partial charge in [-0.2, -0.15) is 0 Å². The van der Waals surface area contributed by atoms with Crippen LogP contribution in [0.3, 0.4) is 0 Å². The number of aliphatic hydroxyl groups excluding tert-OH is 17. The molecule has 29 heteroatoms. The molecule has 5 aliphatic heterocycles. The fourth-order valence-electron chi connectivity index (χ4n) is 14.7. The van der Waals surface area contributed by atoms with E-state index in [0.29, 0.717) is 50.5 Å².